The maximum Gasteiger partial charge on any atom is 0.149 e. The first-order chi connectivity index (χ1) is 9.22. The number of ketones is 1. The monoisotopic (exact) mass is 292 g/mol. The van der Waals surface area contributed by atoms with E-state index in [0.717, 1.165) is 25.9 Å². The molecule has 2 aromatic heterocycles. The summed E-state index contributed by atoms with van der Waals surface area (Å²) in [5, 5.41) is 0. The number of thiophene rings is 2. The van der Waals surface area contributed by atoms with Gasteiger partial charge in [0.15, 0.2) is 0 Å². The molecule has 1 saturated carbocycles. The molecule has 2 atom stereocenters. The van der Waals surface area contributed by atoms with Crippen LogP contribution in [0.15, 0.2) is 24.3 Å². The van der Waals surface area contributed by atoms with Gasteiger partial charge in [-0.15, -0.1) is 22.7 Å². The number of carbonyl (C=O) groups is 1. The van der Waals surface area contributed by atoms with E-state index >= 15 is 0 Å². The van der Waals surface area contributed by atoms with Gasteiger partial charge in [-0.3, -0.25) is 4.79 Å². The van der Waals surface area contributed by atoms with Crippen LogP contribution in [0.2, 0.25) is 0 Å². The van der Waals surface area contributed by atoms with E-state index in [1.807, 2.05) is 24.3 Å². The van der Waals surface area contributed by atoms with Crippen LogP contribution in [0.1, 0.15) is 37.8 Å². The maximum absolute atomic E-state index is 12.3. The van der Waals surface area contributed by atoms with Crippen LogP contribution < -0.4 is 11.5 Å². The molecule has 0 radical (unpaired) electrons. The number of Topliss-reactive ketones (excluding diaryl/α,β-unsaturated/α-hetero) is 1. The lowest BCUT2D eigenvalue weighted by Crippen LogP contribution is -2.32. The summed E-state index contributed by atoms with van der Waals surface area (Å²) in [5.41, 5.74) is 11.2. The van der Waals surface area contributed by atoms with Crippen molar-refractivity contribution in [3.8, 4) is 0 Å². The van der Waals surface area contributed by atoms with Crippen molar-refractivity contribution in [3.63, 3.8) is 0 Å². The SMILES string of the molecule is NCc1ccc(C2CC(c3ccc(CN)s3)C2=O)s1. The van der Waals surface area contributed by atoms with Gasteiger partial charge in [0.25, 0.3) is 0 Å². The Balaban J connectivity index is 1.72. The normalized spacial score (nSPS) is 22.5. The van der Waals surface area contributed by atoms with Gasteiger partial charge in [-0.1, -0.05) is 0 Å². The van der Waals surface area contributed by atoms with Gasteiger partial charge in [-0.05, 0) is 30.7 Å². The first-order valence-electron chi connectivity index (χ1n) is 6.34. The Labute approximate surface area is 120 Å². The molecule has 0 aliphatic heterocycles. The van der Waals surface area contributed by atoms with E-state index in [-0.39, 0.29) is 11.8 Å². The van der Waals surface area contributed by atoms with E-state index in [2.05, 4.69) is 0 Å². The van der Waals surface area contributed by atoms with Crippen LogP contribution in [0.4, 0.5) is 0 Å². The summed E-state index contributed by atoms with van der Waals surface area (Å²) in [5.74, 6) is 0.508. The number of hydrogen-bond acceptors (Lipinski definition) is 5. The van der Waals surface area contributed by atoms with Crippen molar-refractivity contribution in [2.75, 3.05) is 0 Å². The molecule has 5 heteroatoms. The Morgan fingerprint density at radius 1 is 0.947 bits per heavy atom. The van der Waals surface area contributed by atoms with Crippen molar-refractivity contribution >= 4 is 28.5 Å². The highest BCUT2D eigenvalue weighted by atomic mass is 32.1. The fraction of sp³-hybridized carbons (Fsp3) is 0.357. The van der Waals surface area contributed by atoms with E-state index in [1.165, 1.54) is 0 Å². The van der Waals surface area contributed by atoms with Crippen molar-refractivity contribution in [3.05, 3.63) is 43.8 Å². The summed E-state index contributed by atoms with van der Waals surface area (Å²) in [6.07, 6.45) is 0.924. The first-order valence-corrected chi connectivity index (χ1v) is 7.97. The van der Waals surface area contributed by atoms with Crippen molar-refractivity contribution in [1.82, 2.24) is 0 Å². The summed E-state index contributed by atoms with van der Waals surface area (Å²) in [4.78, 5) is 16.9. The molecule has 4 N–H and O–H groups in total. The highest BCUT2D eigenvalue weighted by molar-refractivity contribution is 7.12. The molecule has 0 bridgehead atoms. The lowest BCUT2D eigenvalue weighted by molar-refractivity contribution is -0.127. The molecule has 2 heterocycles. The molecule has 2 aromatic rings. The third kappa shape index (κ3) is 2.27. The van der Waals surface area contributed by atoms with E-state index in [1.54, 1.807) is 22.7 Å². The Bertz CT molecular complexity index is 552. The molecule has 2 unspecified atom stereocenters. The third-order valence-corrected chi connectivity index (χ3v) is 6.05. The summed E-state index contributed by atoms with van der Waals surface area (Å²) < 4.78 is 0. The molecule has 1 aliphatic rings. The third-order valence-electron chi connectivity index (χ3n) is 3.61. The maximum atomic E-state index is 12.3. The minimum atomic E-state index is 0.0822. The predicted molar refractivity (Wildman–Crippen MR) is 79.5 cm³/mol. The summed E-state index contributed by atoms with van der Waals surface area (Å²) in [6, 6.07) is 8.15. The van der Waals surface area contributed by atoms with E-state index in [4.69, 9.17) is 11.5 Å². The van der Waals surface area contributed by atoms with Crippen LogP contribution in [0.3, 0.4) is 0 Å². The highest BCUT2D eigenvalue weighted by Gasteiger charge is 2.42. The number of nitrogens with two attached hydrogens (primary N) is 2. The average molecular weight is 292 g/mol. The average Bonchev–Trinajstić information content (AvgIpc) is 3.06. The largest absolute Gasteiger partial charge is 0.326 e. The lowest BCUT2D eigenvalue weighted by Gasteiger charge is -2.32. The zero-order valence-electron chi connectivity index (χ0n) is 10.5. The summed E-state index contributed by atoms with van der Waals surface area (Å²) in [6.45, 7) is 1.11. The quantitative estimate of drug-likeness (QED) is 0.910. The highest BCUT2D eigenvalue weighted by Crippen LogP contribution is 2.47. The molecule has 100 valence electrons. The molecule has 3 nitrogen and oxygen atoms in total. The van der Waals surface area contributed by atoms with Crippen molar-refractivity contribution in [2.45, 2.75) is 31.3 Å². The standard InChI is InChI=1S/C14H16N2OS2/c15-6-8-1-3-12(18-8)10-5-11(14(10)17)13-4-2-9(7-16)19-13/h1-4,10-11H,5-7,15-16H2. The minimum Gasteiger partial charge on any atom is -0.326 e. The zero-order chi connectivity index (χ0) is 13.4. The van der Waals surface area contributed by atoms with Crippen LogP contribution in [-0.2, 0) is 17.9 Å². The van der Waals surface area contributed by atoms with Gasteiger partial charge in [0.1, 0.15) is 5.78 Å². The first kappa shape index (κ1) is 13.0. The Kier molecular flexibility index (Phi) is 3.54. The van der Waals surface area contributed by atoms with Gasteiger partial charge in [0.05, 0.1) is 11.8 Å². The molecule has 1 fully saturated rings. The van der Waals surface area contributed by atoms with Gasteiger partial charge in [-0.25, -0.2) is 0 Å². The number of rotatable bonds is 4. The molecular formula is C14H16N2OS2. The van der Waals surface area contributed by atoms with Crippen LogP contribution in [0, 0.1) is 0 Å². The molecule has 19 heavy (non-hydrogen) atoms. The molecule has 0 spiro atoms. The van der Waals surface area contributed by atoms with Crippen molar-refractivity contribution in [1.29, 1.82) is 0 Å². The minimum absolute atomic E-state index is 0.0822. The van der Waals surface area contributed by atoms with Crippen molar-refractivity contribution in [2.24, 2.45) is 11.5 Å². The van der Waals surface area contributed by atoms with Crippen molar-refractivity contribution < 1.29 is 4.79 Å². The molecular weight excluding hydrogens is 276 g/mol. The molecule has 0 amide bonds. The van der Waals surface area contributed by atoms with Gasteiger partial charge in [0, 0.05) is 32.6 Å². The van der Waals surface area contributed by atoms with E-state index in [0.29, 0.717) is 18.9 Å². The molecule has 3 rings (SSSR count). The summed E-state index contributed by atoms with van der Waals surface area (Å²) in [7, 11) is 0. The Morgan fingerprint density at radius 2 is 1.42 bits per heavy atom. The fourth-order valence-corrected chi connectivity index (χ4v) is 4.47. The van der Waals surface area contributed by atoms with Gasteiger partial charge < -0.3 is 11.5 Å². The molecule has 1 aliphatic carbocycles. The van der Waals surface area contributed by atoms with E-state index in [9.17, 15) is 4.79 Å². The summed E-state index contributed by atoms with van der Waals surface area (Å²) >= 11 is 3.33. The topological polar surface area (TPSA) is 69.1 Å². The Morgan fingerprint density at radius 3 is 1.74 bits per heavy atom. The second-order valence-electron chi connectivity index (χ2n) is 4.76. The Hall–Kier alpha value is -1.01. The van der Waals surface area contributed by atoms with Crippen LogP contribution >= 0.6 is 22.7 Å². The number of hydrogen-bond donors (Lipinski definition) is 2. The van der Waals surface area contributed by atoms with Crippen LogP contribution in [0.25, 0.3) is 0 Å². The van der Waals surface area contributed by atoms with Crippen LogP contribution in [0.5, 0.6) is 0 Å². The van der Waals surface area contributed by atoms with E-state index < -0.39 is 0 Å². The number of carbonyl (C=O) groups excluding carboxylic acids is 1. The predicted octanol–water partition coefficient (Wildman–Crippen LogP) is 2.57. The second-order valence-corrected chi connectivity index (χ2v) is 7.16. The fourth-order valence-electron chi connectivity index (χ4n) is 2.45. The second kappa shape index (κ2) is 5.17. The van der Waals surface area contributed by atoms with Crippen LogP contribution in [-0.4, -0.2) is 5.78 Å². The van der Waals surface area contributed by atoms with Gasteiger partial charge in [-0.2, -0.15) is 0 Å². The molecule has 0 aromatic carbocycles. The smallest absolute Gasteiger partial charge is 0.149 e. The van der Waals surface area contributed by atoms with Gasteiger partial charge in [0.2, 0.25) is 0 Å². The van der Waals surface area contributed by atoms with Gasteiger partial charge >= 0.3 is 0 Å². The molecule has 0 saturated heterocycles. The lowest BCUT2D eigenvalue weighted by atomic mass is 9.72. The zero-order valence-corrected chi connectivity index (χ0v) is 12.1.